The van der Waals surface area contributed by atoms with Crippen molar-refractivity contribution in [2.45, 2.75) is 13.3 Å². The molecule has 0 N–H and O–H groups in total. The van der Waals surface area contributed by atoms with E-state index in [-0.39, 0.29) is 5.63 Å². The van der Waals surface area contributed by atoms with Crippen molar-refractivity contribution >= 4 is 21.9 Å². The molecule has 0 atom stereocenters. The standard InChI is InChI=1S/C24H17N3O3/c1-2-15-12-22(28)30-21-13-17(9-10-18(15)21)29-24-19-7-3-4-8-20(19)26-23(27-24)16-6-5-11-25-14-16/h3-14H,2H2,1H3. The van der Waals surface area contributed by atoms with Gasteiger partial charge < -0.3 is 9.15 Å². The molecule has 5 rings (SSSR count). The van der Waals surface area contributed by atoms with Crippen LogP contribution in [0.1, 0.15) is 12.5 Å². The summed E-state index contributed by atoms with van der Waals surface area (Å²) in [6, 6.07) is 18.4. The van der Waals surface area contributed by atoms with Crippen LogP contribution in [0.4, 0.5) is 0 Å². The van der Waals surface area contributed by atoms with Gasteiger partial charge in [0.05, 0.1) is 10.9 Å². The molecular weight excluding hydrogens is 378 g/mol. The Morgan fingerprint density at radius 3 is 2.70 bits per heavy atom. The van der Waals surface area contributed by atoms with Gasteiger partial charge in [-0.2, -0.15) is 4.98 Å². The zero-order valence-corrected chi connectivity index (χ0v) is 16.2. The predicted octanol–water partition coefficient (Wildman–Crippen LogP) is 5.15. The molecule has 0 fully saturated rings. The second kappa shape index (κ2) is 7.40. The first kappa shape index (κ1) is 18.0. The summed E-state index contributed by atoms with van der Waals surface area (Å²) in [5, 5.41) is 1.68. The lowest BCUT2D eigenvalue weighted by Gasteiger charge is -2.11. The molecule has 6 heteroatoms. The van der Waals surface area contributed by atoms with Crippen molar-refractivity contribution in [1.82, 2.24) is 15.0 Å². The Labute approximate surface area is 171 Å². The number of benzene rings is 2. The van der Waals surface area contributed by atoms with Crippen LogP contribution in [-0.4, -0.2) is 15.0 Å². The number of hydrogen-bond acceptors (Lipinski definition) is 6. The van der Waals surface area contributed by atoms with Crippen LogP contribution in [0.3, 0.4) is 0 Å². The maximum atomic E-state index is 11.9. The van der Waals surface area contributed by atoms with Gasteiger partial charge in [-0.25, -0.2) is 9.78 Å². The Kier molecular flexibility index (Phi) is 4.44. The Balaban J connectivity index is 1.64. The van der Waals surface area contributed by atoms with Crippen LogP contribution in [0, 0.1) is 0 Å². The van der Waals surface area contributed by atoms with E-state index in [0.29, 0.717) is 23.0 Å². The zero-order valence-electron chi connectivity index (χ0n) is 16.2. The van der Waals surface area contributed by atoms with Crippen molar-refractivity contribution in [3.05, 3.63) is 89.0 Å². The fourth-order valence-corrected chi connectivity index (χ4v) is 3.43. The Morgan fingerprint density at radius 2 is 1.87 bits per heavy atom. The topological polar surface area (TPSA) is 78.1 Å². The molecule has 0 unspecified atom stereocenters. The number of fused-ring (bicyclic) bond motifs is 2. The molecule has 30 heavy (non-hydrogen) atoms. The normalized spacial score (nSPS) is 11.1. The zero-order chi connectivity index (χ0) is 20.5. The molecule has 2 aromatic carbocycles. The summed E-state index contributed by atoms with van der Waals surface area (Å²) in [7, 11) is 0. The van der Waals surface area contributed by atoms with E-state index in [4.69, 9.17) is 9.15 Å². The minimum Gasteiger partial charge on any atom is -0.438 e. The maximum absolute atomic E-state index is 11.9. The lowest BCUT2D eigenvalue weighted by molar-refractivity contribution is 0.467. The highest BCUT2D eigenvalue weighted by molar-refractivity contribution is 5.86. The molecule has 0 amide bonds. The summed E-state index contributed by atoms with van der Waals surface area (Å²) in [5.41, 5.74) is 2.62. The second-order valence-corrected chi connectivity index (χ2v) is 6.82. The minimum atomic E-state index is -0.372. The van der Waals surface area contributed by atoms with Gasteiger partial charge in [-0.1, -0.05) is 19.1 Å². The number of rotatable bonds is 4. The summed E-state index contributed by atoms with van der Waals surface area (Å²) < 4.78 is 11.5. The average Bonchev–Trinajstić information content (AvgIpc) is 2.78. The highest BCUT2D eigenvalue weighted by Gasteiger charge is 2.13. The summed E-state index contributed by atoms with van der Waals surface area (Å²) >= 11 is 0. The van der Waals surface area contributed by atoms with E-state index in [1.165, 1.54) is 6.07 Å². The summed E-state index contributed by atoms with van der Waals surface area (Å²) in [6.07, 6.45) is 4.16. The number of ether oxygens (including phenoxy) is 1. The molecule has 0 aliphatic carbocycles. The van der Waals surface area contributed by atoms with Crippen molar-refractivity contribution in [2.24, 2.45) is 0 Å². The van der Waals surface area contributed by atoms with Gasteiger partial charge in [-0.05, 0) is 48.4 Å². The molecule has 5 aromatic rings. The van der Waals surface area contributed by atoms with E-state index >= 15 is 0 Å². The van der Waals surface area contributed by atoms with E-state index in [1.807, 2.05) is 55.5 Å². The van der Waals surface area contributed by atoms with E-state index in [2.05, 4.69) is 15.0 Å². The van der Waals surface area contributed by atoms with E-state index in [0.717, 1.165) is 33.8 Å². The van der Waals surface area contributed by atoms with Crippen LogP contribution in [-0.2, 0) is 6.42 Å². The Hall–Kier alpha value is -4.06. The van der Waals surface area contributed by atoms with E-state index in [1.54, 1.807) is 18.5 Å². The second-order valence-electron chi connectivity index (χ2n) is 6.82. The molecule has 0 aliphatic rings. The van der Waals surface area contributed by atoms with Crippen LogP contribution < -0.4 is 10.4 Å². The number of para-hydroxylation sites is 1. The number of hydrogen-bond donors (Lipinski definition) is 0. The molecule has 3 heterocycles. The Bertz CT molecular complexity index is 1430. The largest absolute Gasteiger partial charge is 0.438 e. The summed E-state index contributed by atoms with van der Waals surface area (Å²) in [4.78, 5) is 25.3. The van der Waals surface area contributed by atoms with Crippen LogP contribution >= 0.6 is 0 Å². The van der Waals surface area contributed by atoms with Crippen molar-refractivity contribution in [3.8, 4) is 23.0 Å². The van der Waals surface area contributed by atoms with Crippen molar-refractivity contribution in [3.63, 3.8) is 0 Å². The first-order valence-corrected chi connectivity index (χ1v) is 9.63. The molecule has 0 radical (unpaired) electrons. The first-order chi connectivity index (χ1) is 14.7. The van der Waals surface area contributed by atoms with Gasteiger partial charge in [0.25, 0.3) is 0 Å². The number of aromatic nitrogens is 3. The monoisotopic (exact) mass is 395 g/mol. The smallest absolute Gasteiger partial charge is 0.336 e. The molecule has 6 nitrogen and oxygen atoms in total. The maximum Gasteiger partial charge on any atom is 0.336 e. The molecule has 0 saturated heterocycles. The van der Waals surface area contributed by atoms with E-state index < -0.39 is 0 Å². The average molecular weight is 395 g/mol. The molecule has 3 aromatic heterocycles. The highest BCUT2D eigenvalue weighted by atomic mass is 16.5. The van der Waals surface area contributed by atoms with Gasteiger partial charge in [0, 0.05) is 35.5 Å². The van der Waals surface area contributed by atoms with Gasteiger partial charge >= 0.3 is 5.63 Å². The number of pyridine rings is 1. The van der Waals surface area contributed by atoms with Gasteiger partial charge in [0.2, 0.25) is 5.88 Å². The minimum absolute atomic E-state index is 0.372. The van der Waals surface area contributed by atoms with Gasteiger partial charge in [-0.15, -0.1) is 0 Å². The third-order valence-corrected chi connectivity index (χ3v) is 4.89. The van der Waals surface area contributed by atoms with Crippen LogP contribution in [0.15, 0.2) is 82.3 Å². The van der Waals surface area contributed by atoms with Crippen molar-refractivity contribution in [1.29, 1.82) is 0 Å². The molecule has 0 aliphatic heterocycles. The Morgan fingerprint density at radius 1 is 0.967 bits per heavy atom. The quantitative estimate of drug-likeness (QED) is 0.392. The predicted molar refractivity (Wildman–Crippen MR) is 115 cm³/mol. The molecule has 0 spiro atoms. The third kappa shape index (κ3) is 3.28. The lowest BCUT2D eigenvalue weighted by Crippen LogP contribution is -2.00. The molecule has 146 valence electrons. The first-order valence-electron chi connectivity index (χ1n) is 9.63. The van der Waals surface area contributed by atoms with Crippen LogP contribution in [0.5, 0.6) is 11.6 Å². The summed E-state index contributed by atoms with van der Waals surface area (Å²) in [5.74, 6) is 1.48. The van der Waals surface area contributed by atoms with Gasteiger partial charge in [-0.3, -0.25) is 4.98 Å². The fraction of sp³-hybridized carbons (Fsp3) is 0.0833. The van der Waals surface area contributed by atoms with Crippen LogP contribution in [0.2, 0.25) is 0 Å². The lowest BCUT2D eigenvalue weighted by atomic mass is 10.1. The number of nitrogens with zero attached hydrogens (tertiary/aromatic N) is 3. The fourth-order valence-electron chi connectivity index (χ4n) is 3.43. The van der Waals surface area contributed by atoms with Crippen LogP contribution in [0.25, 0.3) is 33.3 Å². The van der Waals surface area contributed by atoms with Gasteiger partial charge in [0.15, 0.2) is 5.82 Å². The number of aryl methyl sites for hydroxylation is 1. The molecular formula is C24H17N3O3. The van der Waals surface area contributed by atoms with Crippen molar-refractivity contribution < 1.29 is 9.15 Å². The highest BCUT2D eigenvalue weighted by Crippen LogP contribution is 2.31. The van der Waals surface area contributed by atoms with Crippen molar-refractivity contribution in [2.75, 3.05) is 0 Å². The van der Waals surface area contributed by atoms with E-state index in [9.17, 15) is 4.79 Å². The molecule has 0 bridgehead atoms. The van der Waals surface area contributed by atoms with Gasteiger partial charge in [0.1, 0.15) is 11.3 Å². The SMILES string of the molecule is CCc1cc(=O)oc2cc(Oc3nc(-c4cccnc4)nc4ccccc34)ccc12. The summed E-state index contributed by atoms with van der Waals surface area (Å²) in [6.45, 7) is 2.01. The third-order valence-electron chi connectivity index (χ3n) is 4.89. The molecule has 0 saturated carbocycles.